The van der Waals surface area contributed by atoms with Gasteiger partial charge in [0.05, 0.1) is 0 Å². The zero-order valence-electron chi connectivity index (χ0n) is 79.3. The van der Waals surface area contributed by atoms with Crippen LogP contribution in [0.25, 0.3) is 277 Å². The van der Waals surface area contributed by atoms with Crippen molar-refractivity contribution >= 4 is 118 Å². The van der Waals surface area contributed by atoms with E-state index in [1.807, 2.05) is 60.7 Å². The smallest absolute Gasteiger partial charge is 0.164 e. The molecule has 3 heterocycles. The second kappa shape index (κ2) is 37.9. The molecule has 0 amide bonds. The zero-order valence-corrected chi connectivity index (χ0v) is 79.3. The predicted octanol–water partition coefficient (Wildman–Crippen LogP) is 35.6. The highest BCUT2D eigenvalue weighted by molar-refractivity contribution is 6.20. The molecule has 0 spiro atoms. The summed E-state index contributed by atoms with van der Waals surface area (Å²) in [7, 11) is 0. The summed E-state index contributed by atoms with van der Waals surface area (Å²) in [6.45, 7) is 0. The Hall–Kier alpha value is -19.6. The lowest BCUT2D eigenvalue weighted by Crippen LogP contribution is -2.02. The van der Waals surface area contributed by atoms with Gasteiger partial charge in [-0.05, 0) is 229 Å². The fraction of sp³-hybridized carbons (Fsp3) is 0. The molecule has 9 heteroatoms. The standard InChI is InChI=1S/C47H29N3.2C45H29N3/c1-3-14-33-27-36(23-21-30(33)11-1)45-48-46(37-24-22-31-12-2-4-15-34(31)28-37)50-47(49-45)42-26-25-32-13-5-8-18-39(32)44(42)43-29-35-16-6-7-17-38(35)40-19-9-10-20-41(40)43;1-3-13-30(14-4-1)31-23-25-33(26-24-31)44-46-43(32-15-5-2-6-16-32)47-45(48-44)41-28-27-40(37-20-10-11-21-38(37)41)42-29-34-17-7-8-18-35(34)36-19-9-12-22-39(36)42;1-3-12-30(13-4-1)33-19-11-20-38(26-33)44-46-43(32-15-5-2-6-16-32)47-45(48-44)42-29-35-18-8-7-17-34(35)28-41(42)37-24-25-40-36(27-37)23-22-31-14-9-10-21-39(31)40/h1-29H;2*1-29H. The lowest BCUT2D eigenvalue weighted by atomic mass is 9.87. The molecule has 0 aliphatic rings. The Morgan fingerprint density at radius 1 is 0.0890 bits per heavy atom. The summed E-state index contributed by atoms with van der Waals surface area (Å²) in [4.78, 5) is 46.3. The lowest BCUT2D eigenvalue weighted by Gasteiger charge is -2.17. The Morgan fingerprint density at radius 3 is 0.863 bits per heavy atom. The first-order valence-electron chi connectivity index (χ1n) is 49.3. The molecule has 28 aromatic rings. The van der Waals surface area contributed by atoms with E-state index in [0.29, 0.717) is 52.4 Å². The van der Waals surface area contributed by atoms with Gasteiger partial charge in [-0.15, -0.1) is 0 Å². The third-order valence-corrected chi connectivity index (χ3v) is 28.1. The van der Waals surface area contributed by atoms with Gasteiger partial charge in [-0.2, -0.15) is 0 Å². The van der Waals surface area contributed by atoms with Gasteiger partial charge in [-0.3, -0.25) is 0 Å². The van der Waals surface area contributed by atoms with Gasteiger partial charge in [0.15, 0.2) is 52.4 Å². The van der Waals surface area contributed by atoms with Crippen molar-refractivity contribution in [3.8, 4) is 158 Å². The molecule has 0 aliphatic carbocycles. The summed E-state index contributed by atoms with van der Waals surface area (Å²) in [5.41, 5.74) is 20.1. The van der Waals surface area contributed by atoms with Crippen molar-refractivity contribution in [2.45, 2.75) is 0 Å². The van der Waals surface area contributed by atoms with Gasteiger partial charge in [0.1, 0.15) is 0 Å². The SMILES string of the molecule is c1ccc(-c2ccc(-c3nc(-c4ccccc4)nc(-c4ccc(-c5cc6ccccc6c6ccccc56)c5ccccc45)n3)cc2)cc1.c1ccc(-c2cccc(-c3nc(-c4ccccc4)nc(-c4cc5ccccc5cc4-c4ccc5c(ccc6ccccc65)c4)n3)c2)cc1.c1ccc2cc(-c3nc(-c4ccc5ccccc5c4)nc(-c4ccc5ccccc5c4-c4cc5ccccc5c5ccccc45)n3)ccc2c1. The predicted molar refractivity (Wildman–Crippen MR) is 608 cm³/mol. The van der Waals surface area contributed by atoms with Crippen LogP contribution in [0.1, 0.15) is 0 Å². The average molecular weight is 1860 g/mol. The van der Waals surface area contributed by atoms with E-state index in [-0.39, 0.29) is 0 Å². The molecule has 0 saturated heterocycles. The lowest BCUT2D eigenvalue weighted by molar-refractivity contribution is 1.07. The van der Waals surface area contributed by atoms with Gasteiger partial charge >= 0.3 is 0 Å². The molecular weight excluding hydrogens is 1770 g/mol. The van der Waals surface area contributed by atoms with Crippen molar-refractivity contribution in [2.24, 2.45) is 0 Å². The molecule has 680 valence electrons. The highest BCUT2D eigenvalue weighted by Crippen LogP contribution is 2.47. The summed E-state index contributed by atoms with van der Waals surface area (Å²) in [5.74, 6) is 5.80. The Balaban J connectivity index is 0.000000111. The van der Waals surface area contributed by atoms with E-state index < -0.39 is 0 Å². The second-order valence-electron chi connectivity index (χ2n) is 36.9. The van der Waals surface area contributed by atoms with Crippen LogP contribution in [0.2, 0.25) is 0 Å². The van der Waals surface area contributed by atoms with Gasteiger partial charge in [-0.1, -0.05) is 467 Å². The molecule has 0 unspecified atom stereocenters. The van der Waals surface area contributed by atoms with Crippen LogP contribution in [0.5, 0.6) is 0 Å². The topological polar surface area (TPSA) is 116 Å². The summed E-state index contributed by atoms with van der Waals surface area (Å²) < 4.78 is 0. The van der Waals surface area contributed by atoms with E-state index in [1.54, 1.807) is 0 Å². The Morgan fingerprint density at radius 2 is 0.342 bits per heavy atom. The van der Waals surface area contributed by atoms with Crippen LogP contribution in [0.15, 0.2) is 528 Å². The number of benzene rings is 25. The molecule has 0 aliphatic heterocycles. The highest BCUT2D eigenvalue weighted by Gasteiger charge is 2.25. The Labute approximate surface area is 843 Å². The summed E-state index contributed by atoms with van der Waals surface area (Å²) in [6, 6.07) is 186. The molecule has 0 bridgehead atoms. The second-order valence-corrected chi connectivity index (χ2v) is 36.9. The Kier molecular flexibility index (Phi) is 22.5. The van der Waals surface area contributed by atoms with Gasteiger partial charge in [0.2, 0.25) is 0 Å². The van der Waals surface area contributed by atoms with Gasteiger partial charge in [0.25, 0.3) is 0 Å². The maximum atomic E-state index is 5.28. The van der Waals surface area contributed by atoms with E-state index in [4.69, 9.17) is 44.9 Å². The van der Waals surface area contributed by atoms with Crippen molar-refractivity contribution in [3.05, 3.63) is 528 Å². The third-order valence-electron chi connectivity index (χ3n) is 28.1. The summed E-state index contributed by atoms with van der Waals surface area (Å²) >= 11 is 0. The first-order chi connectivity index (χ1) is 72.3. The normalized spacial score (nSPS) is 11.4. The average Bonchev–Trinajstić information content (AvgIpc) is 0.733. The largest absolute Gasteiger partial charge is 0.208 e. The Bertz CT molecular complexity index is 9860. The zero-order chi connectivity index (χ0) is 96.7. The van der Waals surface area contributed by atoms with Crippen LogP contribution in [0, 0.1) is 0 Å². The van der Waals surface area contributed by atoms with Crippen LogP contribution in [-0.4, -0.2) is 44.9 Å². The van der Waals surface area contributed by atoms with Crippen LogP contribution in [0.3, 0.4) is 0 Å². The molecule has 3 aromatic heterocycles. The highest BCUT2D eigenvalue weighted by atomic mass is 15.1. The maximum Gasteiger partial charge on any atom is 0.164 e. The molecule has 0 atom stereocenters. The van der Waals surface area contributed by atoms with Crippen molar-refractivity contribution < 1.29 is 0 Å². The van der Waals surface area contributed by atoms with E-state index in [1.165, 1.54) is 103 Å². The molecule has 9 nitrogen and oxygen atoms in total. The van der Waals surface area contributed by atoms with E-state index in [0.717, 1.165) is 121 Å². The maximum absolute atomic E-state index is 5.28. The van der Waals surface area contributed by atoms with E-state index >= 15 is 0 Å². The molecule has 0 N–H and O–H groups in total. The molecule has 146 heavy (non-hydrogen) atoms. The number of nitrogens with zero attached hydrogens (tertiary/aromatic N) is 9. The van der Waals surface area contributed by atoms with Gasteiger partial charge in [0, 0.05) is 55.6 Å². The van der Waals surface area contributed by atoms with Crippen molar-refractivity contribution in [3.63, 3.8) is 0 Å². The van der Waals surface area contributed by atoms with Crippen LogP contribution >= 0.6 is 0 Å². The minimum absolute atomic E-state index is 0.640. The molecule has 28 rings (SSSR count). The van der Waals surface area contributed by atoms with Crippen molar-refractivity contribution in [1.29, 1.82) is 0 Å². The first-order valence-corrected chi connectivity index (χ1v) is 49.3. The van der Waals surface area contributed by atoms with Crippen LogP contribution in [-0.2, 0) is 0 Å². The number of hydrogen-bond acceptors (Lipinski definition) is 9. The van der Waals surface area contributed by atoms with E-state index in [2.05, 4.69) is 467 Å². The molecular formula is C137H87N9. The minimum Gasteiger partial charge on any atom is -0.208 e. The molecule has 25 aromatic carbocycles. The number of fused-ring (bicyclic) bond motifs is 14. The van der Waals surface area contributed by atoms with Gasteiger partial charge in [-0.25, -0.2) is 44.9 Å². The number of rotatable bonds is 14. The fourth-order valence-electron chi connectivity index (χ4n) is 20.9. The summed E-state index contributed by atoms with van der Waals surface area (Å²) in [6.07, 6.45) is 0. The monoisotopic (exact) mass is 1860 g/mol. The fourth-order valence-corrected chi connectivity index (χ4v) is 20.9. The minimum atomic E-state index is 0.640. The molecule has 0 fully saturated rings. The van der Waals surface area contributed by atoms with Crippen LogP contribution < -0.4 is 0 Å². The van der Waals surface area contributed by atoms with Crippen LogP contribution in [0.4, 0.5) is 0 Å². The van der Waals surface area contributed by atoms with Gasteiger partial charge < -0.3 is 0 Å². The van der Waals surface area contributed by atoms with E-state index in [9.17, 15) is 0 Å². The number of aromatic nitrogens is 9. The first kappa shape index (κ1) is 86.7. The third kappa shape index (κ3) is 16.7. The quantitative estimate of drug-likeness (QED) is 0.0981. The number of hydrogen-bond donors (Lipinski definition) is 0. The molecule has 0 radical (unpaired) electrons. The molecule has 0 saturated carbocycles. The van der Waals surface area contributed by atoms with Crippen molar-refractivity contribution in [2.75, 3.05) is 0 Å². The van der Waals surface area contributed by atoms with Crippen molar-refractivity contribution in [1.82, 2.24) is 44.9 Å². The summed E-state index contributed by atoms with van der Waals surface area (Å²) in [5, 5.41) is 26.3.